The van der Waals surface area contributed by atoms with Crippen molar-refractivity contribution in [2.75, 3.05) is 0 Å². The quantitative estimate of drug-likeness (QED) is 0.126. The smallest absolute Gasteiger partial charge is 0.318 e. The largest absolute Gasteiger partial charge is 0.331 e. The van der Waals surface area contributed by atoms with Crippen molar-refractivity contribution in [2.45, 2.75) is 103 Å². The Bertz CT molecular complexity index is 1160. The molecule has 0 heterocycles. The maximum Gasteiger partial charge on any atom is 0.331 e. The summed E-state index contributed by atoms with van der Waals surface area (Å²) in [5, 5.41) is 16.0. The molecule has 0 spiro atoms. The first-order chi connectivity index (χ1) is 17.9. The third-order valence-electron chi connectivity index (χ3n) is 8.35. The topological polar surface area (TPSA) is 81.8 Å². The number of rotatable bonds is 12. The van der Waals surface area contributed by atoms with Gasteiger partial charge in [0.25, 0.3) is 5.69 Å². The molecule has 0 amide bonds. The number of nitro benzene ring substituents is 1. The molecule has 0 aromatic heterocycles. The van der Waals surface area contributed by atoms with E-state index in [1.54, 1.807) is 6.07 Å². The van der Waals surface area contributed by atoms with E-state index in [9.17, 15) is 14.9 Å². The van der Waals surface area contributed by atoms with E-state index in [4.69, 9.17) is 4.84 Å². The van der Waals surface area contributed by atoms with E-state index in [0.717, 1.165) is 79.3 Å². The number of nitrogens with zero attached hydrogens (tertiary/aromatic N) is 2. The van der Waals surface area contributed by atoms with Gasteiger partial charge in [0, 0.05) is 24.5 Å². The molecule has 0 unspecified atom stereocenters. The molecule has 4 rings (SSSR count). The van der Waals surface area contributed by atoms with E-state index < -0.39 is 5.97 Å². The molecule has 0 radical (unpaired) electrons. The van der Waals surface area contributed by atoms with Crippen molar-refractivity contribution in [1.82, 2.24) is 0 Å². The SMILES string of the molecule is CCCCC1(CCCC)c2cc(/C(CCC3CCCC3)=N\OC(C)=O)ccc2-c2ccc([N+](=O)[O-])cc21. The fourth-order valence-corrected chi connectivity index (χ4v) is 6.40. The summed E-state index contributed by atoms with van der Waals surface area (Å²) >= 11 is 0. The average molecular weight is 505 g/mol. The van der Waals surface area contributed by atoms with Crippen LogP contribution in [0.1, 0.15) is 115 Å². The molecule has 0 saturated heterocycles. The third kappa shape index (κ3) is 5.78. The number of nitro groups is 1. The molecular weight excluding hydrogens is 464 g/mol. The first-order valence-corrected chi connectivity index (χ1v) is 14.1. The van der Waals surface area contributed by atoms with Crippen molar-refractivity contribution in [3.63, 3.8) is 0 Å². The molecule has 2 aromatic carbocycles. The Kier molecular flexibility index (Phi) is 8.78. The predicted octanol–water partition coefficient (Wildman–Crippen LogP) is 8.48. The molecule has 0 atom stereocenters. The first-order valence-electron chi connectivity index (χ1n) is 14.1. The highest BCUT2D eigenvalue weighted by Gasteiger charge is 2.43. The minimum Gasteiger partial charge on any atom is -0.318 e. The van der Waals surface area contributed by atoms with Gasteiger partial charge in [-0.3, -0.25) is 10.1 Å². The lowest BCUT2D eigenvalue weighted by atomic mass is 9.70. The zero-order valence-corrected chi connectivity index (χ0v) is 22.6. The van der Waals surface area contributed by atoms with E-state index >= 15 is 0 Å². The highest BCUT2D eigenvalue weighted by Crippen LogP contribution is 2.55. The van der Waals surface area contributed by atoms with Crippen LogP contribution in [0.3, 0.4) is 0 Å². The van der Waals surface area contributed by atoms with Crippen LogP contribution in [-0.2, 0) is 15.0 Å². The second-order valence-corrected chi connectivity index (χ2v) is 10.8. The van der Waals surface area contributed by atoms with Gasteiger partial charge in [-0.1, -0.05) is 82.5 Å². The molecule has 37 heavy (non-hydrogen) atoms. The second-order valence-electron chi connectivity index (χ2n) is 10.8. The Hall–Kier alpha value is -3.02. The van der Waals surface area contributed by atoms with Crippen LogP contribution in [0.4, 0.5) is 5.69 Å². The Morgan fingerprint density at radius 3 is 2.24 bits per heavy atom. The monoisotopic (exact) mass is 504 g/mol. The number of unbranched alkanes of at least 4 members (excludes halogenated alkanes) is 2. The maximum absolute atomic E-state index is 11.7. The van der Waals surface area contributed by atoms with Crippen LogP contribution in [0.2, 0.25) is 0 Å². The number of carbonyl (C=O) groups excluding carboxylic acids is 1. The van der Waals surface area contributed by atoms with Crippen molar-refractivity contribution in [3.8, 4) is 11.1 Å². The van der Waals surface area contributed by atoms with Gasteiger partial charge >= 0.3 is 5.97 Å². The first kappa shape index (κ1) is 27.0. The average Bonchev–Trinajstić information content (AvgIpc) is 3.50. The lowest BCUT2D eigenvalue weighted by Gasteiger charge is -2.32. The molecule has 6 nitrogen and oxygen atoms in total. The van der Waals surface area contributed by atoms with E-state index in [1.807, 2.05) is 12.1 Å². The fraction of sp³-hybridized carbons (Fsp3) is 0.548. The van der Waals surface area contributed by atoms with Gasteiger partial charge in [-0.05, 0) is 71.6 Å². The summed E-state index contributed by atoms with van der Waals surface area (Å²) in [6.45, 7) is 5.77. The Labute approximate surface area is 220 Å². The van der Waals surface area contributed by atoms with Crippen LogP contribution >= 0.6 is 0 Å². The highest BCUT2D eigenvalue weighted by molar-refractivity contribution is 6.01. The van der Waals surface area contributed by atoms with Crippen LogP contribution < -0.4 is 0 Å². The standard InChI is InChI=1S/C31H40N2O4/c1-4-6-18-31(19-7-5-2)28-20-24(30(32-37-22(3)34)17-12-23-10-8-9-11-23)13-15-26(28)27-16-14-25(33(35)36)21-29(27)31/h13-16,20-21,23H,4-12,17-19H2,1-3H3/b32-30-. The molecule has 198 valence electrons. The lowest BCUT2D eigenvalue weighted by molar-refractivity contribution is -0.384. The van der Waals surface area contributed by atoms with E-state index in [0.29, 0.717) is 5.92 Å². The Morgan fingerprint density at radius 2 is 1.65 bits per heavy atom. The lowest BCUT2D eigenvalue weighted by Crippen LogP contribution is -2.26. The number of fused-ring (bicyclic) bond motifs is 3. The molecule has 0 bridgehead atoms. The van der Waals surface area contributed by atoms with Gasteiger partial charge in [-0.25, -0.2) is 4.79 Å². The normalized spacial score (nSPS) is 16.5. The Morgan fingerprint density at radius 1 is 1.03 bits per heavy atom. The van der Waals surface area contributed by atoms with Gasteiger partial charge < -0.3 is 4.84 Å². The van der Waals surface area contributed by atoms with Crippen LogP contribution in [0, 0.1) is 16.0 Å². The van der Waals surface area contributed by atoms with Crippen LogP contribution in [0.5, 0.6) is 0 Å². The minimum atomic E-state index is -0.417. The van der Waals surface area contributed by atoms with Gasteiger partial charge in [0.15, 0.2) is 0 Å². The van der Waals surface area contributed by atoms with E-state index in [-0.39, 0.29) is 16.0 Å². The number of oxime groups is 1. The van der Waals surface area contributed by atoms with Gasteiger partial charge in [0.2, 0.25) is 0 Å². The molecule has 0 N–H and O–H groups in total. The van der Waals surface area contributed by atoms with Gasteiger partial charge in [0.1, 0.15) is 0 Å². The van der Waals surface area contributed by atoms with Crippen molar-refractivity contribution in [1.29, 1.82) is 0 Å². The predicted molar refractivity (Wildman–Crippen MR) is 148 cm³/mol. The summed E-state index contributed by atoms with van der Waals surface area (Å²) in [6, 6.07) is 11.8. The van der Waals surface area contributed by atoms with Gasteiger partial charge in [-0.2, -0.15) is 0 Å². The van der Waals surface area contributed by atoms with E-state index in [1.165, 1.54) is 38.2 Å². The molecular formula is C31H40N2O4. The van der Waals surface area contributed by atoms with Crippen molar-refractivity contribution < 1.29 is 14.6 Å². The van der Waals surface area contributed by atoms with E-state index in [2.05, 4.69) is 37.2 Å². The number of non-ortho nitro benzene ring substituents is 1. The summed E-state index contributed by atoms with van der Waals surface area (Å²) < 4.78 is 0. The zero-order chi connectivity index (χ0) is 26.4. The summed E-state index contributed by atoms with van der Waals surface area (Å²) in [4.78, 5) is 28.2. The molecule has 2 aromatic rings. The summed E-state index contributed by atoms with van der Waals surface area (Å²) in [7, 11) is 0. The maximum atomic E-state index is 11.7. The Balaban J connectivity index is 1.81. The van der Waals surface area contributed by atoms with Crippen molar-refractivity contribution in [2.24, 2.45) is 11.1 Å². The fourth-order valence-electron chi connectivity index (χ4n) is 6.40. The number of carbonyl (C=O) groups is 1. The number of hydrogen-bond donors (Lipinski definition) is 0. The molecule has 0 aliphatic heterocycles. The second kappa shape index (κ2) is 12.0. The third-order valence-corrected chi connectivity index (χ3v) is 8.35. The van der Waals surface area contributed by atoms with Crippen LogP contribution in [-0.4, -0.2) is 16.6 Å². The zero-order valence-electron chi connectivity index (χ0n) is 22.6. The number of benzene rings is 2. The number of hydrogen-bond acceptors (Lipinski definition) is 5. The van der Waals surface area contributed by atoms with Gasteiger partial charge in [-0.15, -0.1) is 0 Å². The molecule has 2 aliphatic carbocycles. The van der Waals surface area contributed by atoms with Crippen molar-refractivity contribution in [3.05, 3.63) is 63.2 Å². The van der Waals surface area contributed by atoms with Crippen LogP contribution in [0.15, 0.2) is 41.6 Å². The van der Waals surface area contributed by atoms with Crippen molar-refractivity contribution >= 4 is 17.4 Å². The molecule has 6 heteroatoms. The summed E-state index contributed by atoms with van der Waals surface area (Å²) in [5.41, 5.74) is 6.25. The molecule has 2 aliphatic rings. The molecule has 1 saturated carbocycles. The minimum absolute atomic E-state index is 0.151. The summed E-state index contributed by atoms with van der Waals surface area (Å²) in [6.07, 6.45) is 13.0. The highest BCUT2D eigenvalue weighted by atomic mass is 16.7. The summed E-state index contributed by atoms with van der Waals surface area (Å²) in [5.74, 6) is 0.287. The molecule has 1 fully saturated rings. The van der Waals surface area contributed by atoms with Gasteiger partial charge in [0.05, 0.1) is 10.6 Å². The van der Waals surface area contributed by atoms with Crippen LogP contribution in [0.25, 0.3) is 11.1 Å².